The molecule has 1 aliphatic heterocycles. The molecule has 0 spiro atoms. The van der Waals surface area contributed by atoms with Crippen LogP contribution in [-0.2, 0) is 18.2 Å². The number of nitrogens with one attached hydrogen (secondary N) is 1. The molecule has 7 heteroatoms. The average molecular weight is 351 g/mol. The molecule has 0 aliphatic carbocycles. The van der Waals surface area contributed by atoms with Gasteiger partial charge in [0.2, 0.25) is 5.95 Å². The zero-order valence-electron chi connectivity index (χ0n) is 14.8. The summed E-state index contributed by atoms with van der Waals surface area (Å²) in [5, 5.41) is 7.50. The summed E-state index contributed by atoms with van der Waals surface area (Å²) in [6.45, 7) is 1.33. The molecule has 0 saturated carbocycles. The van der Waals surface area contributed by atoms with Gasteiger partial charge in [-0.15, -0.1) is 0 Å². The Labute approximate surface area is 152 Å². The molecule has 1 aromatic carbocycles. The zero-order chi connectivity index (χ0) is 17.9. The summed E-state index contributed by atoms with van der Waals surface area (Å²) < 4.78 is 13.1. The topological polar surface area (TPSA) is 74.1 Å². The van der Waals surface area contributed by atoms with Gasteiger partial charge in [-0.25, -0.2) is 9.97 Å². The van der Waals surface area contributed by atoms with Crippen molar-refractivity contribution < 1.29 is 9.47 Å². The van der Waals surface area contributed by atoms with Crippen LogP contribution in [0.4, 0.5) is 5.95 Å². The number of ether oxygens (including phenoxy) is 2. The summed E-state index contributed by atoms with van der Waals surface area (Å²) in [5.41, 5.74) is 4.14. The Morgan fingerprint density at radius 3 is 3.00 bits per heavy atom. The Morgan fingerprint density at radius 2 is 2.19 bits per heavy atom. The lowest BCUT2D eigenvalue weighted by molar-refractivity contribution is 0.0512. The highest BCUT2D eigenvalue weighted by Gasteiger charge is 2.21. The molecule has 7 nitrogen and oxygen atoms in total. The van der Waals surface area contributed by atoms with Crippen molar-refractivity contribution in [3.63, 3.8) is 0 Å². The van der Waals surface area contributed by atoms with Crippen molar-refractivity contribution in [2.24, 2.45) is 7.05 Å². The molecule has 0 radical (unpaired) electrons. The van der Waals surface area contributed by atoms with E-state index in [1.54, 1.807) is 24.2 Å². The molecule has 1 aliphatic rings. The Morgan fingerprint density at radius 1 is 1.31 bits per heavy atom. The highest BCUT2D eigenvalue weighted by Crippen LogP contribution is 2.29. The minimum Gasteiger partial charge on any atom is -0.493 e. The van der Waals surface area contributed by atoms with Crippen molar-refractivity contribution >= 4 is 5.95 Å². The summed E-state index contributed by atoms with van der Waals surface area (Å²) in [6, 6.07) is 10.3. The summed E-state index contributed by atoms with van der Waals surface area (Å²) >= 11 is 0. The molecular weight excluding hydrogens is 330 g/mol. The monoisotopic (exact) mass is 351 g/mol. The Hall–Kier alpha value is -2.93. The van der Waals surface area contributed by atoms with E-state index < -0.39 is 0 Å². The number of aryl methyl sites for hydroxylation is 1. The second-order valence-electron chi connectivity index (χ2n) is 6.14. The van der Waals surface area contributed by atoms with Crippen molar-refractivity contribution in [1.82, 2.24) is 19.7 Å². The van der Waals surface area contributed by atoms with Gasteiger partial charge in [0.05, 0.1) is 25.6 Å². The van der Waals surface area contributed by atoms with Crippen LogP contribution < -0.4 is 10.1 Å². The molecule has 0 amide bonds. The number of fused-ring (bicyclic) bond motifs is 1. The molecule has 0 fully saturated rings. The Bertz CT molecular complexity index is 908. The fourth-order valence-corrected chi connectivity index (χ4v) is 3.22. The average Bonchev–Trinajstić information content (AvgIpc) is 3.12. The van der Waals surface area contributed by atoms with Crippen LogP contribution in [0.3, 0.4) is 0 Å². The minimum atomic E-state index is -0.00851. The second kappa shape index (κ2) is 7.13. The predicted octanol–water partition coefficient (Wildman–Crippen LogP) is 2.61. The smallest absolute Gasteiger partial charge is 0.223 e. The molecule has 3 aromatic rings. The molecule has 134 valence electrons. The van der Waals surface area contributed by atoms with E-state index in [0.717, 1.165) is 18.7 Å². The first-order valence-electron chi connectivity index (χ1n) is 8.59. The fraction of sp³-hybridized carbons (Fsp3) is 0.316. The van der Waals surface area contributed by atoms with Crippen molar-refractivity contribution in [3.8, 4) is 17.1 Å². The van der Waals surface area contributed by atoms with Crippen LogP contribution in [0.15, 0.2) is 42.7 Å². The zero-order valence-corrected chi connectivity index (χ0v) is 14.8. The van der Waals surface area contributed by atoms with Gasteiger partial charge in [0.1, 0.15) is 11.8 Å². The molecule has 26 heavy (non-hydrogen) atoms. The van der Waals surface area contributed by atoms with Gasteiger partial charge in [-0.1, -0.05) is 24.3 Å². The first kappa shape index (κ1) is 16.5. The molecule has 1 unspecified atom stereocenters. The van der Waals surface area contributed by atoms with Crippen LogP contribution in [0.25, 0.3) is 11.4 Å². The highest BCUT2D eigenvalue weighted by atomic mass is 16.5. The number of anilines is 1. The summed E-state index contributed by atoms with van der Waals surface area (Å²) in [7, 11) is 3.48. The van der Waals surface area contributed by atoms with Crippen LogP contribution in [0.2, 0.25) is 0 Å². The SMILES string of the molecule is COc1cnc(NCC2OCCc3ccccc32)nc1-c1ccnn1C. The molecule has 1 atom stereocenters. The third-order valence-corrected chi connectivity index (χ3v) is 4.58. The van der Waals surface area contributed by atoms with Crippen LogP contribution in [0.5, 0.6) is 5.75 Å². The Kier molecular flexibility index (Phi) is 4.53. The van der Waals surface area contributed by atoms with E-state index in [9.17, 15) is 0 Å². The van der Waals surface area contributed by atoms with Gasteiger partial charge in [0.15, 0.2) is 5.75 Å². The van der Waals surface area contributed by atoms with Crippen molar-refractivity contribution in [3.05, 3.63) is 53.9 Å². The first-order valence-corrected chi connectivity index (χ1v) is 8.59. The minimum absolute atomic E-state index is 0.00851. The maximum absolute atomic E-state index is 5.94. The van der Waals surface area contributed by atoms with E-state index in [2.05, 4.69) is 38.6 Å². The third kappa shape index (κ3) is 3.13. The van der Waals surface area contributed by atoms with Crippen LogP contribution in [0, 0.1) is 0 Å². The van der Waals surface area contributed by atoms with Gasteiger partial charge >= 0.3 is 0 Å². The van der Waals surface area contributed by atoms with E-state index in [-0.39, 0.29) is 6.10 Å². The van der Waals surface area contributed by atoms with E-state index in [0.29, 0.717) is 23.9 Å². The number of aromatic nitrogens is 4. The van der Waals surface area contributed by atoms with Gasteiger partial charge in [0, 0.05) is 19.8 Å². The molecular formula is C19H21N5O2. The first-order chi connectivity index (χ1) is 12.8. The summed E-state index contributed by atoms with van der Waals surface area (Å²) in [5.74, 6) is 1.15. The normalized spacial score (nSPS) is 16.2. The number of rotatable bonds is 5. The predicted molar refractivity (Wildman–Crippen MR) is 98.1 cm³/mol. The van der Waals surface area contributed by atoms with E-state index in [4.69, 9.17) is 9.47 Å². The molecule has 4 rings (SSSR count). The standard InChI is InChI=1S/C19H21N5O2/c1-24-15(7-9-22-24)18-17(25-2)12-21-19(23-18)20-11-16-14-6-4-3-5-13(14)8-10-26-16/h3-7,9,12,16H,8,10-11H2,1-2H3,(H,20,21,23). The van der Waals surface area contributed by atoms with E-state index in [1.807, 2.05) is 19.2 Å². The molecule has 3 heterocycles. The van der Waals surface area contributed by atoms with Crippen LogP contribution in [-0.4, -0.2) is 40.0 Å². The van der Waals surface area contributed by atoms with Gasteiger partial charge in [-0.2, -0.15) is 5.10 Å². The second-order valence-corrected chi connectivity index (χ2v) is 6.14. The van der Waals surface area contributed by atoms with Crippen LogP contribution >= 0.6 is 0 Å². The van der Waals surface area contributed by atoms with Gasteiger partial charge in [-0.3, -0.25) is 4.68 Å². The molecule has 0 bridgehead atoms. The van der Waals surface area contributed by atoms with Crippen molar-refractivity contribution in [2.75, 3.05) is 25.6 Å². The van der Waals surface area contributed by atoms with E-state index in [1.165, 1.54) is 11.1 Å². The van der Waals surface area contributed by atoms with Gasteiger partial charge < -0.3 is 14.8 Å². The number of methoxy groups -OCH3 is 1. The molecule has 1 N–H and O–H groups in total. The largest absolute Gasteiger partial charge is 0.493 e. The lowest BCUT2D eigenvalue weighted by atomic mass is 9.98. The highest BCUT2D eigenvalue weighted by molar-refractivity contribution is 5.63. The quantitative estimate of drug-likeness (QED) is 0.762. The molecule has 2 aromatic heterocycles. The summed E-state index contributed by atoms with van der Waals surface area (Å²) in [6.07, 6.45) is 4.35. The summed E-state index contributed by atoms with van der Waals surface area (Å²) in [4.78, 5) is 8.98. The number of benzene rings is 1. The van der Waals surface area contributed by atoms with Gasteiger partial charge in [0.25, 0.3) is 0 Å². The fourth-order valence-electron chi connectivity index (χ4n) is 3.22. The third-order valence-electron chi connectivity index (χ3n) is 4.58. The Balaban J connectivity index is 1.56. The number of hydrogen-bond donors (Lipinski definition) is 1. The van der Waals surface area contributed by atoms with E-state index >= 15 is 0 Å². The molecule has 0 saturated heterocycles. The maximum atomic E-state index is 5.94. The van der Waals surface area contributed by atoms with Crippen LogP contribution in [0.1, 0.15) is 17.2 Å². The van der Waals surface area contributed by atoms with Crippen molar-refractivity contribution in [1.29, 1.82) is 0 Å². The van der Waals surface area contributed by atoms with Gasteiger partial charge in [-0.05, 0) is 23.6 Å². The maximum Gasteiger partial charge on any atom is 0.223 e. The lowest BCUT2D eigenvalue weighted by Gasteiger charge is -2.26. The van der Waals surface area contributed by atoms with Crippen molar-refractivity contribution in [2.45, 2.75) is 12.5 Å². The number of hydrogen-bond acceptors (Lipinski definition) is 6. The number of nitrogens with zero attached hydrogens (tertiary/aromatic N) is 4. The lowest BCUT2D eigenvalue weighted by Crippen LogP contribution is -2.23.